The van der Waals surface area contributed by atoms with Crippen molar-refractivity contribution in [3.8, 4) is 17.2 Å². The summed E-state index contributed by atoms with van der Waals surface area (Å²) in [4.78, 5) is 6.44. The maximum absolute atomic E-state index is 8.11. The van der Waals surface area contributed by atoms with Crippen LogP contribution >= 0.6 is 46.1 Å². The van der Waals surface area contributed by atoms with Gasteiger partial charge in [0.15, 0.2) is 0 Å². The number of aryl methyl sites for hydroxylation is 5. The summed E-state index contributed by atoms with van der Waals surface area (Å²) in [6.45, 7) is 2.11. The van der Waals surface area contributed by atoms with Crippen LogP contribution in [0.1, 0.15) is 114 Å². The third-order valence-electron chi connectivity index (χ3n) is 16.6. The van der Waals surface area contributed by atoms with E-state index in [1.807, 2.05) is 24.5 Å². The van der Waals surface area contributed by atoms with Gasteiger partial charge in [-0.15, -0.1) is 11.3 Å². The van der Waals surface area contributed by atoms with Crippen molar-refractivity contribution in [2.24, 2.45) is 5.92 Å². The molecule has 0 bridgehead atoms. The van der Waals surface area contributed by atoms with Crippen LogP contribution in [0.5, 0.6) is 5.75 Å². The van der Waals surface area contributed by atoms with E-state index in [9.17, 15) is 0 Å². The first kappa shape index (κ1) is 60.2. The van der Waals surface area contributed by atoms with Gasteiger partial charge < -0.3 is 9.15 Å². The molecule has 0 fully saturated rings. The fourth-order valence-electron chi connectivity index (χ4n) is 12.1. The molecule has 3 nitrogen and oxygen atoms in total. The molecule has 1 radical (unpaired) electrons. The normalized spacial score (nSPS) is 13.4. The smallest absolute Gasteiger partial charge is 0.226 e. The van der Waals surface area contributed by atoms with Crippen molar-refractivity contribution in [1.82, 2.24) is 4.98 Å². The number of thiophene rings is 1. The van der Waals surface area contributed by atoms with Gasteiger partial charge >= 0.3 is 0 Å². The van der Waals surface area contributed by atoms with E-state index in [2.05, 4.69) is 225 Å². The lowest BCUT2D eigenvalue weighted by molar-refractivity contribution is 0.00385. The molecule has 0 aliphatic rings. The van der Waals surface area contributed by atoms with Crippen molar-refractivity contribution >= 4 is 63.0 Å². The lowest BCUT2D eigenvalue weighted by Gasteiger charge is -2.47. The SMILES string of the molecule is Cc1ccc(-c2nc(C[C](CCC=Cc3ccc(Cl)s3)C(CCc3cccc4ccccc34)(Oc3ccc(Cl)cc3)C(CC=C(CCCc3ccccc3)C(CCCCc3ccccc3)c3ccc(Cl)cc3)CCc3ccccc3)co2)cc1. The first-order chi connectivity index (χ1) is 41.2. The number of nitrogens with zero attached hydrogens (tertiary/aromatic N) is 1. The molecule has 84 heavy (non-hydrogen) atoms. The molecule has 0 saturated heterocycles. The number of hydrogen-bond acceptors (Lipinski definition) is 4. The monoisotopic (exact) mass is 1180 g/mol. The van der Waals surface area contributed by atoms with E-state index in [4.69, 9.17) is 48.9 Å². The second-order valence-corrected chi connectivity index (χ2v) is 25.0. The molecule has 3 atom stereocenters. The van der Waals surface area contributed by atoms with Gasteiger partial charge in [0, 0.05) is 44.7 Å². The summed E-state index contributed by atoms with van der Waals surface area (Å²) in [5.41, 5.74) is 10.3. The van der Waals surface area contributed by atoms with E-state index < -0.39 is 5.60 Å². The standard InChI is InChI=1S/C77H75Cl3NO2S/c1-57-35-38-65(39-36-57)76-81-70(56-82-76)55-67(31-13-14-32-72-51-52-75(80)84-72)77(83-71-49-47-69(79)48-50-71,54-53-63-30-18-29-61-27-12-16-34-73(61)63)66(43-37-60-23-9-4-10-24-60)44-40-62(28-17-26-59-21-7-3-8-22-59)74(64-41-45-68(78)46-42-64)33-15-11-25-58-19-5-2-6-20-58/h2-10,12,14,16,18-24,27,29-30,32,34-36,38-42,45-52,56,66,74H,11,13,15,17,25-26,28,31,33,37,43-44,53-55H2,1H3. The Morgan fingerprint density at radius 1 is 0.607 bits per heavy atom. The fourth-order valence-corrected chi connectivity index (χ4v) is 13.4. The zero-order chi connectivity index (χ0) is 57.8. The van der Waals surface area contributed by atoms with Crippen molar-refractivity contribution < 1.29 is 9.15 Å². The Kier molecular flexibility index (Phi) is 22.0. The number of halogens is 3. The van der Waals surface area contributed by atoms with Crippen LogP contribution in [-0.2, 0) is 32.1 Å². The molecule has 2 heterocycles. The van der Waals surface area contributed by atoms with E-state index in [-0.39, 0.29) is 11.8 Å². The van der Waals surface area contributed by atoms with E-state index in [1.165, 1.54) is 55.6 Å². The quantitative estimate of drug-likeness (QED) is 0.0332. The predicted octanol–water partition coefficient (Wildman–Crippen LogP) is 22.7. The van der Waals surface area contributed by atoms with Crippen LogP contribution < -0.4 is 4.74 Å². The number of benzene rings is 8. The summed E-state index contributed by atoms with van der Waals surface area (Å²) in [7, 11) is 0. The molecule has 0 aliphatic heterocycles. The van der Waals surface area contributed by atoms with Crippen molar-refractivity contribution in [1.29, 1.82) is 0 Å². The number of hydrogen-bond donors (Lipinski definition) is 0. The molecule has 10 rings (SSSR count). The number of allylic oxidation sites excluding steroid dienone is 3. The summed E-state index contributed by atoms with van der Waals surface area (Å²) in [6.07, 6.45) is 22.4. The Labute approximate surface area is 518 Å². The Hall–Kier alpha value is -6.92. The molecule has 7 heteroatoms. The van der Waals surface area contributed by atoms with Crippen LogP contribution in [0.15, 0.2) is 247 Å². The first-order valence-corrected chi connectivity index (χ1v) is 31.9. The van der Waals surface area contributed by atoms with Gasteiger partial charge in [-0.1, -0.05) is 222 Å². The lowest BCUT2D eigenvalue weighted by Crippen LogP contribution is -2.51. The summed E-state index contributed by atoms with van der Waals surface area (Å²) in [5, 5.41) is 3.91. The third kappa shape index (κ3) is 17.1. The van der Waals surface area contributed by atoms with Gasteiger partial charge in [-0.25, -0.2) is 4.98 Å². The summed E-state index contributed by atoms with van der Waals surface area (Å²) in [6, 6.07) is 77.7. The van der Waals surface area contributed by atoms with Crippen LogP contribution in [0.25, 0.3) is 28.3 Å². The maximum atomic E-state index is 8.11. The molecule has 0 aliphatic carbocycles. The van der Waals surface area contributed by atoms with E-state index in [0.717, 1.165) is 115 Å². The molecule has 0 spiro atoms. The highest BCUT2D eigenvalue weighted by atomic mass is 35.5. The number of unbranched alkanes of at least 4 members (excludes halogenated alkanes) is 1. The van der Waals surface area contributed by atoms with Gasteiger partial charge in [-0.05, 0) is 196 Å². The molecule has 0 amide bonds. The zero-order valence-electron chi connectivity index (χ0n) is 48.2. The van der Waals surface area contributed by atoms with Crippen molar-refractivity contribution in [3.63, 3.8) is 0 Å². The zero-order valence-corrected chi connectivity index (χ0v) is 51.2. The van der Waals surface area contributed by atoms with E-state index in [1.54, 1.807) is 11.3 Å². The average Bonchev–Trinajstić information content (AvgIpc) is 2.59. The molecule has 0 saturated carbocycles. The van der Waals surface area contributed by atoms with Crippen molar-refractivity contribution in [2.75, 3.05) is 0 Å². The van der Waals surface area contributed by atoms with Gasteiger partial charge in [-0.2, -0.15) is 0 Å². The van der Waals surface area contributed by atoms with Gasteiger partial charge in [0.2, 0.25) is 5.89 Å². The molecule has 10 aromatic rings. The van der Waals surface area contributed by atoms with Crippen LogP contribution in [0, 0.1) is 18.8 Å². The molecular formula is C77H75Cl3NO2S. The molecule has 0 N–H and O–H groups in total. The third-order valence-corrected chi connectivity index (χ3v) is 18.3. The topological polar surface area (TPSA) is 35.3 Å². The fraction of sp³-hybridized carbons (Fsp3) is 0.247. The van der Waals surface area contributed by atoms with Crippen LogP contribution in [-0.4, -0.2) is 10.6 Å². The second kappa shape index (κ2) is 30.8. The minimum atomic E-state index is -0.848. The number of oxazole rings is 1. The molecule has 427 valence electrons. The molecule has 8 aromatic carbocycles. The highest BCUT2D eigenvalue weighted by Gasteiger charge is 2.47. The van der Waals surface area contributed by atoms with Gasteiger partial charge in [0.1, 0.15) is 17.6 Å². The highest BCUT2D eigenvalue weighted by Crippen LogP contribution is 2.47. The van der Waals surface area contributed by atoms with Gasteiger partial charge in [0.25, 0.3) is 0 Å². The summed E-state index contributed by atoms with van der Waals surface area (Å²) < 4.78 is 15.3. The Balaban J connectivity index is 1.14. The minimum absolute atomic E-state index is 0.0185. The number of aromatic nitrogens is 1. The van der Waals surface area contributed by atoms with Crippen molar-refractivity contribution in [3.05, 3.63) is 307 Å². The van der Waals surface area contributed by atoms with Gasteiger partial charge in [0.05, 0.1) is 10.0 Å². The summed E-state index contributed by atoms with van der Waals surface area (Å²) in [5.74, 6) is 2.85. The van der Waals surface area contributed by atoms with E-state index in [0.29, 0.717) is 23.8 Å². The highest BCUT2D eigenvalue weighted by molar-refractivity contribution is 7.17. The van der Waals surface area contributed by atoms with Gasteiger partial charge in [-0.3, -0.25) is 0 Å². The van der Waals surface area contributed by atoms with E-state index >= 15 is 0 Å². The van der Waals surface area contributed by atoms with Crippen LogP contribution in [0.3, 0.4) is 0 Å². The van der Waals surface area contributed by atoms with Crippen LogP contribution in [0.4, 0.5) is 0 Å². The predicted molar refractivity (Wildman–Crippen MR) is 357 cm³/mol. The second-order valence-electron chi connectivity index (χ2n) is 22.4. The Morgan fingerprint density at radius 2 is 1.25 bits per heavy atom. The average molecular weight is 1180 g/mol. The number of rotatable bonds is 30. The number of fused-ring (bicyclic) bond motifs is 1. The van der Waals surface area contributed by atoms with Crippen LogP contribution in [0.2, 0.25) is 14.4 Å². The first-order valence-electron chi connectivity index (χ1n) is 30.0. The molecule has 2 aromatic heterocycles. The Bertz CT molecular complexity index is 3630. The molecule has 3 unspecified atom stereocenters. The molecular weight excluding hydrogens is 1110 g/mol. The number of ether oxygens (including phenoxy) is 1. The van der Waals surface area contributed by atoms with Crippen molar-refractivity contribution in [2.45, 2.75) is 115 Å². The largest absolute Gasteiger partial charge is 0.486 e. The minimum Gasteiger partial charge on any atom is -0.486 e. The summed E-state index contributed by atoms with van der Waals surface area (Å²) >= 11 is 21.5. The lowest BCUT2D eigenvalue weighted by atomic mass is 9.66. The maximum Gasteiger partial charge on any atom is 0.226 e. The Morgan fingerprint density at radius 3 is 1.94 bits per heavy atom.